The predicted molar refractivity (Wildman–Crippen MR) is 258 cm³/mol. The minimum absolute atomic E-state index is 0.00651. The molecule has 2 atom stereocenters. The van der Waals surface area contributed by atoms with E-state index in [9.17, 15) is 24.4 Å². The highest BCUT2D eigenvalue weighted by Crippen LogP contribution is 2.46. The zero-order valence-corrected chi connectivity index (χ0v) is 39.4. The molecular weight excluding hydrogens is 833 g/mol. The second-order valence-electron chi connectivity index (χ2n) is 19.3. The molecule has 0 bridgehead atoms. The lowest BCUT2D eigenvalue weighted by atomic mass is 9.70. The summed E-state index contributed by atoms with van der Waals surface area (Å²) in [5, 5.41) is 16.1. The van der Waals surface area contributed by atoms with Crippen molar-refractivity contribution in [3.05, 3.63) is 88.1 Å². The summed E-state index contributed by atoms with van der Waals surface area (Å²) in [5.74, 6) is -0.0706. The molecule has 3 amide bonds. The lowest BCUT2D eigenvalue weighted by Gasteiger charge is -2.39. The van der Waals surface area contributed by atoms with Crippen molar-refractivity contribution in [3.63, 3.8) is 0 Å². The van der Waals surface area contributed by atoms with Gasteiger partial charge in [-0.15, -0.1) is 0 Å². The van der Waals surface area contributed by atoms with Crippen molar-refractivity contribution in [1.29, 1.82) is 5.26 Å². The third-order valence-electron chi connectivity index (χ3n) is 13.3. The first-order chi connectivity index (χ1) is 31.5. The van der Waals surface area contributed by atoms with Crippen molar-refractivity contribution in [1.82, 2.24) is 30.1 Å². The van der Waals surface area contributed by atoms with Crippen molar-refractivity contribution in [2.24, 2.45) is 11.1 Å². The van der Waals surface area contributed by atoms with Crippen LogP contribution in [0.4, 0.5) is 11.6 Å². The summed E-state index contributed by atoms with van der Waals surface area (Å²) in [4.78, 5) is 65.9. The van der Waals surface area contributed by atoms with Gasteiger partial charge in [0, 0.05) is 92.2 Å². The number of imidazole rings is 1. The Morgan fingerprint density at radius 2 is 1.73 bits per heavy atom. The summed E-state index contributed by atoms with van der Waals surface area (Å²) < 4.78 is 7.75. The number of carbonyl (C=O) groups excluding carboxylic acids is 4. The fourth-order valence-electron chi connectivity index (χ4n) is 9.44. The van der Waals surface area contributed by atoms with Crippen molar-refractivity contribution in [2.45, 2.75) is 111 Å². The van der Waals surface area contributed by atoms with Crippen LogP contribution in [0.25, 0.3) is 21.9 Å². The second-order valence-corrected chi connectivity index (χ2v) is 19.3. The van der Waals surface area contributed by atoms with Crippen LogP contribution in [0.15, 0.2) is 54.6 Å². The Kier molecular flexibility index (Phi) is 14.5. The number of H-pyrrole nitrogens is 1. The quantitative estimate of drug-likeness (QED) is 0.0639. The topological polar surface area (TPSA) is 217 Å². The van der Waals surface area contributed by atoms with Crippen LogP contribution in [0.5, 0.6) is 0 Å². The van der Waals surface area contributed by atoms with Gasteiger partial charge in [-0.1, -0.05) is 59.7 Å². The predicted octanol–water partition coefficient (Wildman–Crippen LogP) is 6.08. The van der Waals surface area contributed by atoms with Crippen LogP contribution in [0.1, 0.15) is 118 Å². The number of aromatic nitrogens is 3. The van der Waals surface area contributed by atoms with E-state index in [0.717, 1.165) is 69.3 Å². The lowest BCUT2D eigenvalue weighted by Crippen LogP contribution is -2.56. The van der Waals surface area contributed by atoms with Crippen LogP contribution in [-0.4, -0.2) is 101 Å². The average Bonchev–Trinajstić information content (AvgIpc) is 3.85. The number of unbranched alkanes of at least 4 members (excludes halogenated alkanes) is 1. The molecule has 1 aliphatic carbocycles. The summed E-state index contributed by atoms with van der Waals surface area (Å²) in [5.41, 5.74) is 20.0. The maximum Gasteiger partial charge on any atom is 0.243 e. The van der Waals surface area contributed by atoms with Crippen molar-refractivity contribution < 1.29 is 23.9 Å². The number of amides is 3. The minimum Gasteiger partial charge on any atom is -0.381 e. The molecule has 7 rings (SSSR count). The number of nitrogens with one attached hydrogen (secondary N) is 3. The number of benzene rings is 3. The van der Waals surface area contributed by atoms with E-state index >= 15 is 0 Å². The fourth-order valence-corrected chi connectivity index (χ4v) is 9.44. The van der Waals surface area contributed by atoms with Crippen molar-refractivity contribution in [2.75, 3.05) is 56.6 Å². The molecule has 1 aliphatic heterocycles. The Hall–Kier alpha value is -6.24. The Labute approximate surface area is 387 Å². The summed E-state index contributed by atoms with van der Waals surface area (Å²) >= 11 is 0. The summed E-state index contributed by atoms with van der Waals surface area (Å²) in [6, 6.07) is 18.1. The first kappa shape index (κ1) is 47.7. The van der Waals surface area contributed by atoms with Crippen LogP contribution in [-0.2, 0) is 37.5 Å². The van der Waals surface area contributed by atoms with Crippen molar-refractivity contribution >= 4 is 57.1 Å². The third kappa shape index (κ3) is 10.1. The molecule has 15 heteroatoms. The maximum atomic E-state index is 14.1. The number of hydrogen-bond donors (Lipinski definition) is 5. The molecule has 2 aliphatic rings. The molecule has 0 spiro atoms. The molecule has 3 aromatic carbocycles. The molecule has 15 nitrogen and oxygen atoms in total. The van der Waals surface area contributed by atoms with E-state index in [1.807, 2.05) is 66.6 Å². The van der Waals surface area contributed by atoms with Gasteiger partial charge in [-0.25, -0.2) is 4.98 Å². The van der Waals surface area contributed by atoms with Gasteiger partial charge in [0.25, 0.3) is 0 Å². The standard InChI is InChI=1S/C51H66N10O5/c1-7-33-29-35-36(51(5,6)45-43(44(35)63)34-19-18-32(31-52)28-39(34)56-45)30-41(33)59-22-24-60(25-23-59)42(62)17-10-11-26-66-27-13-20-55-48(65)46(50(2,3)4)58-47(64)37(53)14-12-21-61-40-16-9-8-15-38(40)57-49(61)54/h8-9,15-16,18-19,28-30,37,46,56H,7,10-14,17,20-27,53H2,1-6H3,(H2,54,57)(H,55,65)(H,58,64)/t37-,46+/m0/s1. The van der Waals surface area contributed by atoms with Crippen LogP contribution >= 0.6 is 0 Å². The number of ether oxygens (including phenoxy) is 1. The van der Waals surface area contributed by atoms with E-state index in [2.05, 4.69) is 64.5 Å². The van der Waals surface area contributed by atoms with Gasteiger partial charge in [-0.05, 0) is 91.5 Å². The van der Waals surface area contributed by atoms with E-state index in [1.165, 1.54) is 0 Å². The van der Waals surface area contributed by atoms with Gasteiger partial charge in [0.15, 0.2) is 5.78 Å². The normalized spacial score (nSPS) is 15.6. The van der Waals surface area contributed by atoms with Gasteiger partial charge >= 0.3 is 0 Å². The number of anilines is 2. The molecule has 350 valence electrons. The molecule has 2 aromatic heterocycles. The Bertz CT molecular complexity index is 2640. The highest BCUT2D eigenvalue weighted by Gasteiger charge is 2.41. The van der Waals surface area contributed by atoms with Gasteiger partial charge in [0.2, 0.25) is 23.7 Å². The highest BCUT2D eigenvalue weighted by molar-refractivity contribution is 6.20. The van der Waals surface area contributed by atoms with E-state index in [-0.39, 0.29) is 23.5 Å². The number of rotatable bonds is 18. The highest BCUT2D eigenvalue weighted by atomic mass is 16.5. The number of ketones is 1. The average molecular weight is 899 g/mol. The fraction of sp³-hybridized carbons (Fsp3) is 0.490. The molecule has 1 saturated heterocycles. The molecule has 66 heavy (non-hydrogen) atoms. The van der Waals surface area contributed by atoms with E-state index in [1.54, 1.807) is 6.07 Å². The van der Waals surface area contributed by atoms with Gasteiger partial charge in [-0.3, -0.25) is 19.2 Å². The summed E-state index contributed by atoms with van der Waals surface area (Å²) in [7, 11) is 0. The Morgan fingerprint density at radius 1 is 0.985 bits per heavy atom. The number of hydrogen-bond acceptors (Lipinski definition) is 10. The SMILES string of the molecule is CCc1cc2c(cc1N1CCN(C(=O)CCCCOCCCNC(=O)[C@@H](NC(=O)[C@@H](N)CCCn3c(N)nc4ccccc43)C(C)(C)C)CC1)C(C)(C)c1[nH]c3cc(C#N)ccc3c1C2=O. The smallest absolute Gasteiger partial charge is 0.243 e. The second kappa shape index (κ2) is 20.1. The number of carbonyl (C=O) groups is 4. The maximum absolute atomic E-state index is 14.1. The molecule has 1 fully saturated rings. The van der Waals surface area contributed by atoms with Crippen LogP contribution in [0.2, 0.25) is 0 Å². The van der Waals surface area contributed by atoms with Crippen LogP contribution in [0, 0.1) is 16.7 Å². The van der Waals surface area contributed by atoms with Crippen LogP contribution in [0.3, 0.4) is 0 Å². The number of nitrogens with zero attached hydrogens (tertiary/aromatic N) is 5. The van der Waals surface area contributed by atoms with Gasteiger partial charge in [0.05, 0.1) is 34.3 Å². The van der Waals surface area contributed by atoms with Gasteiger partial charge < -0.3 is 46.2 Å². The molecule has 3 heterocycles. The molecular formula is C51H66N10O5. The minimum atomic E-state index is -0.782. The summed E-state index contributed by atoms with van der Waals surface area (Å²) in [6.45, 7) is 16.7. The van der Waals surface area contributed by atoms with Gasteiger partial charge in [0.1, 0.15) is 6.04 Å². The number of para-hydroxylation sites is 2. The first-order valence-electron chi connectivity index (χ1n) is 23.5. The van der Waals surface area contributed by atoms with E-state index in [0.29, 0.717) is 95.2 Å². The zero-order valence-electron chi connectivity index (χ0n) is 39.4. The molecule has 0 radical (unpaired) electrons. The molecule has 0 saturated carbocycles. The number of aromatic amines is 1. The largest absolute Gasteiger partial charge is 0.381 e. The molecule has 5 aromatic rings. The number of piperazine rings is 1. The van der Waals surface area contributed by atoms with E-state index in [4.69, 9.17) is 16.2 Å². The van der Waals surface area contributed by atoms with Gasteiger partial charge in [-0.2, -0.15) is 5.26 Å². The summed E-state index contributed by atoms with van der Waals surface area (Å²) in [6.07, 6.45) is 4.35. The molecule has 0 unspecified atom stereocenters. The van der Waals surface area contributed by atoms with Crippen LogP contribution < -0.4 is 27.0 Å². The third-order valence-corrected chi connectivity index (χ3v) is 13.3. The Balaban J connectivity index is 0.796. The lowest BCUT2D eigenvalue weighted by molar-refractivity contribution is -0.132. The molecule has 7 N–H and O–H groups in total. The Morgan fingerprint density at radius 3 is 2.45 bits per heavy atom. The number of aryl methyl sites for hydroxylation is 2. The zero-order chi connectivity index (χ0) is 47.3. The first-order valence-corrected chi connectivity index (χ1v) is 23.5. The van der Waals surface area contributed by atoms with E-state index < -0.39 is 22.9 Å². The monoisotopic (exact) mass is 899 g/mol. The number of nitriles is 1. The number of nitrogens with two attached hydrogens (primary N) is 2. The number of nitrogen functional groups attached to an aromatic ring is 1. The van der Waals surface area contributed by atoms with Crippen molar-refractivity contribution in [3.8, 4) is 6.07 Å². The number of fused-ring (bicyclic) bond motifs is 5.